The van der Waals surface area contributed by atoms with Crippen molar-refractivity contribution in [1.82, 2.24) is 4.90 Å². The monoisotopic (exact) mass is 310 g/mol. The molecular formula is C14H15ClN2O4. The molecule has 1 aliphatic heterocycles. The van der Waals surface area contributed by atoms with E-state index in [9.17, 15) is 14.4 Å². The number of halogens is 1. The molecule has 21 heavy (non-hydrogen) atoms. The summed E-state index contributed by atoms with van der Waals surface area (Å²) in [7, 11) is 0. The molecule has 1 aromatic rings. The van der Waals surface area contributed by atoms with Crippen LogP contribution in [-0.2, 0) is 14.4 Å². The number of carboxylic acids is 1. The standard InChI is InChI=1S/C14H15ClN2O4/c15-10-2-1-3-11(8-10)16(9-14(20)21)6-7-17-12(18)4-5-13(17)19/h1-3,8H,4-7,9H2,(H,20,21). The molecule has 0 bridgehead atoms. The van der Waals surface area contributed by atoms with Crippen LogP contribution in [-0.4, -0.2) is 47.4 Å². The number of amides is 2. The fraction of sp³-hybridized carbons (Fsp3) is 0.357. The maximum absolute atomic E-state index is 11.6. The molecular weight excluding hydrogens is 296 g/mol. The summed E-state index contributed by atoms with van der Waals surface area (Å²) in [4.78, 5) is 36.8. The minimum Gasteiger partial charge on any atom is -0.480 e. The van der Waals surface area contributed by atoms with Crippen molar-refractivity contribution in [2.75, 3.05) is 24.5 Å². The van der Waals surface area contributed by atoms with Crippen LogP contribution in [0.25, 0.3) is 0 Å². The van der Waals surface area contributed by atoms with Gasteiger partial charge in [0.25, 0.3) is 0 Å². The first kappa shape index (κ1) is 15.3. The van der Waals surface area contributed by atoms with E-state index in [2.05, 4.69) is 0 Å². The maximum atomic E-state index is 11.6. The summed E-state index contributed by atoms with van der Waals surface area (Å²) < 4.78 is 0. The van der Waals surface area contributed by atoms with Gasteiger partial charge in [-0.2, -0.15) is 0 Å². The average Bonchev–Trinajstić information content (AvgIpc) is 2.74. The van der Waals surface area contributed by atoms with E-state index in [0.717, 1.165) is 0 Å². The van der Waals surface area contributed by atoms with Gasteiger partial charge in [0.1, 0.15) is 6.54 Å². The van der Waals surface area contributed by atoms with Gasteiger partial charge in [-0.15, -0.1) is 0 Å². The van der Waals surface area contributed by atoms with Gasteiger partial charge in [0.15, 0.2) is 0 Å². The fourth-order valence-electron chi connectivity index (χ4n) is 2.23. The number of anilines is 1. The van der Waals surface area contributed by atoms with Crippen molar-refractivity contribution in [2.45, 2.75) is 12.8 Å². The normalized spacial score (nSPS) is 14.6. The Morgan fingerprint density at radius 2 is 1.95 bits per heavy atom. The minimum absolute atomic E-state index is 0.178. The Balaban J connectivity index is 2.08. The molecule has 1 aromatic carbocycles. The Kier molecular flexibility index (Phi) is 4.80. The molecule has 0 atom stereocenters. The second-order valence-electron chi connectivity index (χ2n) is 4.73. The van der Waals surface area contributed by atoms with Crippen LogP contribution in [0.2, 0.25) is 5.02 Å². The highest BCUT2D eigenvalue weighted by Gasteiger charge is 2.29. The lowest BCUT2D eigenvalue weighted by Crippen LogP contribution is -2.40. The number of carboxylic acid groups (broad SMARTS) is 1. The van der Waals surface area contributed by atoms with Gasteiger partial charge in [0.2, 0.25) is 11.8 Å². The number of carbonyl (C=O) groups is 3. The van der Waals surface area contributed by atoms with Crippen LogP contribution in [0.3, 0.4) is 0 Å². The number of rotatable bonds is 6. The number of benzene rings is 1. The van der Waals surface area contributed by atoms with Crippen molar-refractivity contribution in [3.8, 4) is 0 Å². The number of aliphatic carboxylic acids is 1. The molecule has 1 N–H and O–H groups in total. The highest BCUT2D eigenvalue weighted by Crippen LogP contribution is 2.20. The molecule has 0 saturated carbocycles. The molecule has 0 aliphatic carbocycles. The van der Waals surface area contributed by atoms with Gasteiger partial charge in [0, 0.05) is 36.6 Å². The zero-order valence-electron chi connectivity index (χ0n) is 11.3. The van der Waals surface area contributed by atoms with Gasteiger partial charge < -0.3 is 10.0 Å². The molecule has 2 rings (SSSR count). The number of likely N-dealkylation sites (tertiary alicyclic amines) is 1. The lowest BCUT2D eigenvalue weighted by Gasteiger charge is -2.25. The fourth-order valence-corrected chi connectivity index (χ4v) is 2.41. The predicted molar refractivity (Wildman–Crippen MR) is 77.3 cm³/mol. The summed E-state index contributed by atoms with van der Waals surface area (Å²) in [5.41, 5.74) is 0.643. The number of imide groups is 1. The van der Waals surface area contributed by atoms with Crippen molar-refractivity contribution in [3.05, 3.63) is 29.3 Å². The number of hydrogen-bond acceptors (Lipinski definition) is 4. The topological polar surface area (TPSA) is 77.9 Å². The lowest BCUT2D eigenvalue weighted by molar-refractivity contribution is -0.138. The molecule has 1 aliphatic rings. The quantitative estimate of drug-likeness (QED) is 0.803. The van der Waals surface area contributed by atoms with E-state index >= 15 is 0 Å². The summed E-state index contributed by atoms with van der Waals surface area (Å²) in [5, 5.41) is 9.48. The largest absolute Gasteiger partial charge is 0.480 e. The van der Waals surface area contributed by atoms with Crippen LogP contribution >= 0.6 is 11.6 Å². The van der Waals surface area contributed by atoms with E-state index in [4.69, 9.17) is 16.7 Å². The first-order valence-corrected chi connectivity index (χ1v) is 6.90. The highest BCUT2D eigenvalue weighted by molar-refractivity contribution is 6.30. The third kappa shape index (κ3) is 3.95. The Morgan fingerprint density at radius 3 is 2.52 bits per heavy atom. The molecule has 0 spiro atoms. The van der Waals surface area contributed by atoms with Crippen molar-refractivity contribution < 1.29 is 19.5 Å². The van der Waals surface area contributed by atoms with Crippen molar-refractivity contribution in [2.24, 2.45) is 0 Å². The average molecular weight is 311 g/mol. The van der Waals surface area contributed by atoms with E-state index in [1.807, 2.05) is 0 Å². The maximum Gasteiger partial charge on any atom is 0.323 e. The van der Waals surface area contributed by atoms with Gasteiger partial charge in [-0.25, -0.2) is 0 Å². The van der Waals surface area contributed by atoms with E-state index in [1.165, 1.54) is 4.90 Å². The zero-order chi connectivity index (χ0) is 15.4. The number of hydrogen-bond donors (Lipinski definition) is 1. The third-order valence-electron chi connectivity index (χ3n) is 3.25. The van der Waals surface area contributed by atoms with Crippen molar-refractivity contribution in [3.63, 3.8) is 0 Å². The summed E-state index contributed by atoms with van der Waals surface area (Å²) >= 11 is 5.91. The Hall–Kier alpha value is -2.08. The van der Waals surface area contributed by atoms with E-state index in [0.29, 0.717) is 10.7 Å². The molecule has 6 nitrogen and oxygen atoms in total. The second kappa shape index (κ2) is 6.58. The molecule has 0 aromatic heterocycles. The molecule has 1 fully saturated rings. The molecule has 1 saturated heterocycles. The van der Waals surface area contributed by atoms with Crippen LogP contribution in [0.15, 0.2) is 24.3 Å². The van der Waals surface area contributed by atoms with Gasteiger partial charge in [-0.1, -0.05) is 17.7 Å². The number of carbonyl (C=O) groups excluding carboxylic acids is 2. The van der Waals surface area contributed by atoms with E-state index in [1.54, 1.807) is 29.2 Å². The lowest BCUT2D eigenvalue weighted by atomic mass is 10.2. The molecule has 0 unspecified atom stereocenters. The van der Waals surface area contributed by atoms with E-state index in [-0.39, 0.29) is 44.3 Å². The SMILES string of the molecule is O=C(O)CN(CCN1C(=O)CCC1=O)c1cccc(Cl)c1. The first-order valence-electron chi connectivity index (χ1n) is 6.53. The third-order valence-corrected chi connectivity index (χ3v) is 3.48. The molecule has 2 amide bonds. The Morgan fingerprint density at radius 1 is 1.29 bits per heavy atom. The molecule has 0 radical (unpaired) electrons. The zero-order valence-corrected chi connectivity index (χ0v) is 12.0. The van der Waals surface area contributed by atoms with Gasteiger partial charge >= 0.3 is 5.97 Å². The van der Waals surface area contributed by atoms with Crippen molar-refractivity contribution >= 4 is 35.1 Å². The van der Waals surface area contributed by atoms with Gasteiger partial charge in [0.05, 0.1) is 0 Å². The highest BCUT2D eigenvalue weighted by atomic mass is 35.5. The van der Waals surface area contributed by atoms with Crippen LogP contribution < -0.4 is 4.90 Å². The predicted octanol–water partition coefficient (Wildman–Crippen LogP) is 1.38. The molecule has 112 valence electrons. The molecule has 1 heterocycles. The second-order valence-corrected chi connectivity index (χ2v) is 5.17. The smallest absolute Gasteiger partial charge is 0.323 e. The van der Waals surface area contributed by atoms with Crippen LogP contribution in [0.5, 0.6) is 0 Å². The first-order chi connectivity index (χ1) is 9.97. The van der Waals surface area contributed by atoms with Gasteiger partial charge in [-0.05, 0) is 18.2 Å². The summed E-state index contributed by atoms with van der Waals surface area (Å²) in [6.45, 7) is 0.206. The van der Waals surface area contributed by atoms with Crippen molar-refractivity contribution in [1.29, 1.82) is 0 Å². The number of nitrogens with zero attached hydrogens (tertiary/aromatic N) is 2. The summed E-state index contributed by atoms with van der Waals surface area (Å²) in [6.07, 6.45) is 0.462. The molecule has 7 heteroatoms. The van der Waals surface area contributed by atoms with Gasteiger partial charge in [-0.3, -0.25) is 19.3 Å². The summed E-state index contributed by atoms with van der Waals surface area (Å²) in [5.74, 6) is -1.41. The van der Waals surface area contributed by atoms with Crippen LogP contribution in [0.1, 0.15) is 12.8 Å². The Labute approximate surface area is 126 Å². The van der Waals surface area contributed by atoms with Crippen LogP contribution in [0, 0.1) is 0 Å². The van der Waals surface area contributed by atoms with E-state index < -0.39 is 5.97 Å². The Bertz CT molecular complexity index is 560. The summed E-state index contributed by atoms with van der Waals surface area (Å²) in [6, 6.07) is 6.80. The minimum atomic E-state index is -0.992. The van der Waals surface area contributed by atoms with Crippen LogP contribution in [0.4, 0.5) is 5.69 Å².